The van der Waals surface area contributed by atoms with Crippen molar-refractivity contribution in [1.29, 1.82) is 5.26 Å². The summed E-state index contributed by atoms with van der Waals surface area (Å²) < 4.78 is 5.23. The van der Waals surface area contributed by atoms with E-state index in [9.17, 15) is 5.26 Å². The third-order valence-electron chi connectivity index (χ3n) is 3.98. The topological polar surface area (TPSA) is 36.3 Å². The molecule has 4 heteroatoms. The lowest BCUT2D eigenvalue weighted by atomic mass is 10.1. The van der Waals surface area contributed by atoms with Crippen molar-refractivity contribution in [3.63, 3.8) is 0 Å². The van der Waals surface area contributed by atoms with Crippen LogP contribution in [0.5, 0.6) is 0 Å². The maximum atomic E-state index is 9.43. The molecule has 0 heterocycles. The number of ether oxygens (including phenoxy) is 1. The van der Waals surface area contributed by atoms with Gasteiger partial charge >= 0.3 is 0 Å². The van der Waals surface area contributed by atoms with Crippen molar-refractivity contribution in [1.82, 2.24) is 0 Å². The molecule has 1 aromatic rings. The predicted octanol–water partition coefficient (Wildman–Crippen LogP) is 3.70. The quantitative estimate of drug-likeness (QED) is 0.712. The summed E-state index contributed by atoms with van der Waals surface area (Å²) >= 11 is 3.44. The number of methoxy groups -OCH3 is 1. The minimum Gasteiger partial charge on any atom is -0.383 e. The van der Waals surface area contributed by atoms with Gasteiger partial charge < -0.3 is 9.64 Å². The van der Waals surface area contributed by atoms with Crippen LogP contribution in [0, 0.1) is 17.2 Å². The Kier molecular flexibility index (Phi) is 5.45. The first-order valence-corrected chi connectivity index (χ1v) is 8.18. The van der Waals surface area contributed by atoms with Crippen LogP contribution in [0.1, 0.15) is 30.9 Å². The van der Waals surface area contributed by atoms with E-state index in [1.165, 1.54) is 12.8 Å². The van der Waals surface area contributed by atoms with Crippen molar-refractivity contribution in [2.24, 2.45) is 5.92 Å². The molecule has 1 aliphatic carbocycles. The second-order valence-corrected chi connectivity index (χ2v) is 5.92. The van der Waals surface area contributed by atoms with Gasteiger partial charge in [-0.25, -0.2) is 0 Å². The van der Waals surface area contributed by atoms with Crippen molar-refractivity contribution in [2.45, 2.75) is 31.1 Å². The van der Waals surface area contributed by atoms with Crippen LogP contribution < -0.4 is 4.90 Å². The van der Waals surface area contributed by atoms with Gasteiger partial charge in [-0.3, -0.25) is 0 Å². The Bertz CT molecular complexity index is 494. The van der Waals surface area contributed by atoms with Gasteiger partial charge in [-0.05, 0) is 43.4 Å². The van der Waals surface area contributed by atoms with Crippen LogP contribution in [-0.4, -0.2) is 26.3 Å². The molecule has 1 aliphatic rings. The third-order valence-corrected chi connectivity index (χ3v) is 4.62. The third kappa shape index (κ3) is 3.53. The molecule has 20 heavy (non-hydrogen) atoms. The molecule has 1 fully saturated rings. The molecule has 1 unspecified atom stereocenters. The number of hydrogen-bond acceptors (Lipinski definition) is 3. The minimum atomic E-state index is 0.465. The summed E-state index contributed by atoms with van der Waals surface area (Å²) in [6, 6.07) is 8.94. The number of anilines is 1. The molecule has 0 aliphatic heterocycles. The highest BCUT2D eigenvalue weighted by Gasteiger charge is 2.32. The van der Waals surface area contributed by atoms with Crippen LogP contribution in [-0.2, 0) is 10.1 Å². The van der Waals surface area contributed by atoms with Gasteiger partial charge in [-0.15, -0.1) is 0 Å². The summed E-state index contributed by atoms with van der Waals surface area (Å²) in [5, 5.41) is 10.2. The Morgan fingerprint density at radius 2 is 2.25 bits per heavy atom. The Labute approximate surface area is 129 Å². The van der Waals surface area contributed by atoms with Crippen molar-refractivity contribution in [3.8, 4) is 6.07 Å². The predicted molar refractivity (Wildman–Crippen MR) is 85.2 cm³/mol. The van der Waals surface area contributed by atoms with Crippen LogP contribution in [0.4, 0.5) is 5.69 Å². The highest BCUT2D eigenvalue weighted by atomic mass is 79.9. The molecule has 0 amide bonds. The van der Waals surface area contributed by atoms with Gasteiger partial charge in [0.2, 0.25) is 0 Å². The summed E-state index contributed by atoms with van der Waals surface area (Å²) in [6.45, 7) is 3.77. The molecule has 1 atom stereocenters. The average Bonchev–Trinajstić information content (AvgIpc) is 3.32. The second kappa shape index (κ2) is 7.10. The lowest BCUT2D eigenvalue weighted by Crippen LogP contribution is -2.37. The molecule has 0 saturated heterocycles. The van der Waals surface area contributed by atoms with E-state index in [1.54, 1.807) is 7.11 Å². The number of rotatable bonds is 7. The van der Waals surface area contributed by atoms with E-state index in [2.05, 4.69) is 46.0 Å². The molecule has 1 saturated carbocycles. The van der Waals surface area contributed by atoms with E-state index >= 15 is 0 Å². The van der Waals surface area contributed by atoms with Gasteiger partial charge in [-0.2, -0.15) is 5.26 Å². The van der Waals surface area contributed by atoms with Crippen LogP contribution in [0.15, 0.2) is 18.2 Å². The Balaban J connectivity index is 2.29. The fraction of sp³-hybridized carbons (Fsp3) is 0.562. The number of hydrogen-bond donors (Lipinski definition) is 0. The first-order chi connectivity index (χ1) is 9.71. The summed E-state index contributed by atoms with van der Waals surface area (Å²) in [7, 11) is 1.72. The van der Waals surface area contributed by atoms with E-state index in [0.29, 0.717) is 12.6 Å². The molecule has 1 aromatic carbocycles. The molecule has 0 spiro atoms. The summed E-state index contributed by atoms with van der Waals surface area (Å²) in [4.78, 5) is 2.33. The largest absolute Gasteiger partial charge is 0.383 e. The van der Waals surface area contributed by atoms with Crippen molar-refractivity contribution < 1.29 is 4.74 Å². The maximum absolute atomic E-state index is 9.43. The van der Waals surface area contributed by atoms with E-state index in [-0.39, 0.29) is 0 Å². The highest BCUT2D eigenvalue weighted by Crippen LogP contribution is 2.37. The number of benzene rings is 1. The van der Waals surface area contributed by atoms with Gasteiger partial charge in [0.25, 0.3) is 0 Å². The number of halogens is 1. The Morgan fingerprint density at radius 3 is 2.80 bits per heavy atom. The molecule has 2 rings (SSSR count). The number of nitriles is 1. The standard InChI is InChI=1S/C16H21BrN2O/c1-12(14-4-5-14)19(7-8-20-2)16-6-3-13(10-17)9-15(16)11-18/h3,6,9,12,14H,4-5,7-8,10H2,1-2H3. The number of alkyl halides is 1. The van der Waals surface area contributed by atoms with E-state index in [0.717, 1.165) is 34.6 Å². The lowest BCUT2D eigenvalue weighted by Gasteiger charge is -2.32. The average molecular weight is 337 g/mol. The van der Waals surface area contributed by atoms with E-state index in [1.807, 2.05) is 6.07 Å². The minimum absolute atomic E-state index is 0.465. The molecule has 0 radical (unpaired) electrons. The van der Waals surface area contributed by atoms with Gasteiger partial charge in [0.05, 0.1) is 17.9 Å². The second-order valence-electron chi connectivity index (χ2n) is 5.36. The summed E-state index contributed by atoms with van der Waals surface area (Å²) in [6.07, 6.45) is 2.60. The van der Waals surface area contributed by atoms with Crippen LogP contribution in [0.3, 0.4) is 0 Å². The van der Waals surface area contributed by atoms with Crippen molar-refractivity contribution >= 4 is 21.6 Å². The van der Waals surface area contributed by atoms with Gasteiger partial charge in [0, 0.05) is 25.0 Å². The molecular formula is C16H21BrN2O. The zero-order valence-electron chi connectivity index (χ0n) is 12.1. The maximum Gasteiger partial charge on any atom is 0.101 e. The molecule has 0 bridgehead atoms. The monoisotopic (exact) mass is 336 g/mol. The van der Waals surface area contributed by atoms with E-state index < -0.39 is 0 Å². The molecule has 0 aromatic heterocycles. The summed E-state index contributed by atoms with van der Waals surface area (Å²) in [5.74, 6) is 0.759. The Morgan fingerprint density at radius 1 is 1.50 bits per heavy atom. The smallest absolute Gasteiger partial charge is 0.101 e. The zero-order valence-corrected chi connectivity index (χ0v) is 13.7. The first-order valence-electron chi connectivity index (χ1n) is 7.05. The normalized spacial score (nSPS) is 15.7. The fourth-order valence-corrected chi connectivity index (χ4v) is 2.92. The van der Waals surface area contributed by atoms with Crippen LogP contribution in [0.25, 0.3) is 0 Å². The van der Waals surface area contributed by atoms with Crippen molar-refractivity contribution in [2.75, 3.05) is 25.2 Å². The SMILES string of the molecule is COCCN(c1ccc(CBr)cc1C#N)C(C)C1CC1. The van der Waals surface area contributed by atoms with Crippen LogP contribution >= 0.6 is 15.9 Å². The summed E-state index contributed by atoms with van der Waals surface area (Å²) in [5.41, 5.74) is 2.93. The first kappa shape index (κ1) is 15.3. The lowest BCUT2D eigenvalue weighted by molar-refractivity contribution is 0.202. The highest BCUT2D eigenvalue weighted by molar-refractivity contribution is 9.08. The van der Waals surface area contributed by atoms with E-state index in [4.69, 9.17) is 4.74 Å². The van der Waals surface area contributed by atoms with Crippen LogP contribution in [0.2, 0.25) is 0 Å². The molecule has 3 nitrogen and oxygen atoms in total. The molecule has 108 valence electrons. The zero-order chi connectivity index (χ0) is 14.5. The van der Waals surface area contributed by atoms with Gasteiger partial charge in [-0.1, -0.05) is 22.0 Å². The van der Waals surface area contributed by atoms with Gasteiger partial charge in [0.15, 0.2) is 0 Å². The van der Waals surface area contributed by atoms with Gasteiger partial charge in [0.1, 0.15) is 6.07 Å². The van der Waals surface area contributed by atoms with Crippen molar-refractivity contribution in [3.05, 3.63) is 29.3 Å². The molecular weight excluding hydrogens is 316 g/mol. The fourth-order valence-electron chi connectivity index (χ4n) is 2.57. The number of nitrogens with zero attached hydrogens (tertiary/aromatic N) is 2. The molecule has 0 N–H and O–H groups in total. The Hall–Kier alpha value is -1.05.